The van der Waals surface area contributed by atoms with Gasteiger partial charge in [-0.15, -0.1) is 0 Å². The minimum Gasteiger partial charge on any atom is -0.481 e. The topological polar surface area (TPSA) is 37.3 Å². The van der Waals surface area contributed by atoms with E-state index in [0.717, 1.165) is 12.8 Å². The van der Waals surface area contributed by atoms with Crippen molar-refractivity contribution in [2.24, 2.45) is 0 Å². The zero-order chi connectivity index (χ0) is 12.3. The Balaban J connectivity index is 2.36. The summed E-state index contributed by atoms with van der Waals surface area (Å²) in [6.07, 6.45) is 16.4. The maximum absolute atomic E-state index is 10.6. The van der Waals surface area contributed by atoms with Crippen LogP contribution in [0.15, 0.2) is 11.6 Å². The molecule has 2 nitrogen and oxygen atoms in total. The van der Waals surface area contributed by atoms with E-state index >= 15 is 0 Å². The van der Waals surface area contributed by atoms with Gasteiger partial charge in [0, 0.05) is 0 Å². The highest BCUT2D eigenvalue weighted by Gasteiger charge is 2.02. The van der Waals surface area contributed by atoms with Crippen LogP contribution in [0, 0.1) is 0 Å². The lowest BCUT2D eigenvalue weighted by Crippen LogP contribution is -1.94. The van der Waals surface area contributed by atoms with Crippen molar-refractivity contribution in [3.63, 3.8) is 0 Å². The van der Waals surface area contributed by atoms with Gasteiger partial charge in [0.05, 0.1) is 6.42 Å². The van der Waals surface area contributed by atoms with E-state index in [4.69, 9.17) is 5.11 Å². The van der Waals surface area contributed by atoms with Gasteiger partial charge in [0.15, 0.2) is 0 Å². The molecule has 0 heterocycles. The molecule has 1 saturated carbocycles. The molecule has 0 aromatic carbocycles. The van der Waals surface area contributed by atoms with Gasteiger partial charge in [-0.3, -0.25) is 4.79 Å². The average molecular weight is 238 g/mol. The summed E-state index contributed by atoms with van der Waals surface area (Å²) in [5.41, 5.74) is 1.38. The quantitative estimate of drug-likeness (QED) is 0.708. The monoisotopic (exact) mass is 238 g/mol. The number of carboxylic acid groups (broad SMARTS) is 1. The maximum atomic E-state index is 10.6. The molecule has 0 aromatic heterocycles. The predicted octanol–water partition coefficient (Wildman–Crippen LogP) is 4.69. The predicted molar refractivity (Wildman–Crippen MR) is 71.1 cm³/mol. The van der Waals surface area contributed by atoms with Crippen molar-refractivity contribution >= 4 is 5.97 Å². The summed E-state index contributed by atoms with van der Waals surface area (Å²) in [5.74, 6) is -0.705. The smallest absolute Gasteiger partial charge is 0.307 e. The summed E-state index contributed by atoms with van der Waals surface area (Å²) in [6, 6.07) is 0. The van der Waals surface area contributed by atoms with Crippen LogP contribution in [0.4, 0.5) is 0 Å². The molecule has 0 atom stereocenters. The first-order valence-electron chi connectivity index (χ1n) is 7.19. The van der Waals surface area contributed by atoms with Crippen LogP contribution in [0.1, 0.15) is 77.0 Å². The molecule has 1 N–H and O–H groups in total. The molecular weight excluding hydrogens is 212 g/mol. The van der Waals surface area contributed by atoms with Gasteiger partial charge in [0.1, 0.15) is 0 Å². The first-order valence-corrected chi connectivity index (χ1v) is 7.19. The summed E-state index contributed by atoms with van der Waals surface area (Å²) >= 11 is 0. The fourth-order valence-electron chi connectivity index (χ4n) is 2.50. The standard InChI is InChI=1S/C15H26O2/c16-15(17)13-12-14-10-8-6-4-2-1-3-5-7-9-11-14/h12H,1-11,13H2,(H,16,17). The van der Waals surface area contributed by atoms with Gasteiger partial charge < -0.3 is 5.11 Å². The summed E-state index contributed by atoms with van der Waals surface area (Å²) in [4.78, 5) is 10.6. The lowest BCUT2D eigenvalue weighted by atomic mass is 9.97. The number of allylic oxidation sites excluding steroid dienone is 1. The SMILES string of the molecule is O=C(O)CC=C1CCCCCCCCCCC1. The first kappa shape index (κ1) is 14.3. The van der Waals surface area contributed by atoms with Crippen LogP contribution in [0.2, 0.25) is 0 Å². The van der Waals surface area contributed by atoms with Crippen molar-refractivity contribution < 1.29 is 9.90 Å². The summed E-state index contributed by atoms with van der Waals surface area (Å²) < 4.78 is 0. The van der Waals surface area contributed by atoms with Crippen LogP contribution < -0.4 is 0 Å². The zero-order valence-electron chi connectivity index (χ0n) is 10.9. The third-order valence-corrected chi connectivity index (χ3v) is 3.56. The Morgan fingerprint density at radius 1 is 0.882 bits per heavy atom. The molecule has 0 saturated heterocycles. The van der Waals surface area contributed by atoms with Gasteiger partial charge in [-0.2, -0.15) is 0 Å². The summed E-state index contributed by atoms with van der Waals surface area (Å²) in [7, 11) is 0. The lowest BCUT2D eigenvalue weighted by molar-refractivity contribution is -0.136. The summed E-state index contributed by atoms with van der Waals surface area (Å²) in [6.45, 7) is 0. The Hall–Kier alpha value is -0.790. The third kappa shape index (κ3) is 8.00. The molecule has 1 aliphatic rings. The second-order valence-corrected chi connectivity index (χ2v) is 5.14. The number of carbonyl (C=O) groups is 1. The Morgan fingerprint density at radius 2 is 1.29 bits per heavy atom. The van der Waals surface area contributed by atoms with Crippen molar-refractivity contribution in [2.45, 2.75) is 77.0 Å². The molecule has 17 heavy (non-hydrogen) atoms. The van der Waals surface area contributed by atoms with Crippen LogP contribution in [0.3, 0.4) is 0 Å². The normalized spacial score (nSPS) is 20.1. The first-order chi connectivity index (χ1) is 8.29. The molecular formula is C15H26O2. The van der Waals surface area contributed by atoms with Gasteiger partial charge in [-0.1, -0.05) is 56.6 Å². The van der Waals surface area contributed by atoms with Crippen LogP contribution >= 0.6 is 0 Å². The number of hydrogen-bond donors (Lipinski definition) is 1. The van der Waals surface area contributed by atoms with E-state index in [2.05, 4.69) is 0 Å². The van der Waals surface area contributed by atoms with E-state index in [1.165, 1.54) is 63.4 Å². The fraction of sp³-hybridized carbons (Fsp3) is 0.800. The van der Waals surface area contributed by atoms with E-state index in [-0.39, 0.29) is 6.42 Å². The number of hydrogen-bond acceptors (Lipinski definition) is 1. The molecule has 0 aromatic rings. The van der Waals surface area contributed by atoms with Crippen LogP contribution in [-0.2, 0) is 4.79 Å². The van der Waals surface area contributed by atoms with E-state index in [0.29, 0.717) is 0 Å². The minimum absolute atomic E-state index is 0.204. The Kier molecular flexibility index (Phi) is 7.78. The molecule has 2 heteroatoms. The molecule has 0 aliphatic heterocycles. The molecule has 98 valence electrons. The molecule has 0 amide bonds. The third-order valence-electron chi connectivity index (χ3n) is 3.56. The largest absolute Gasteiger partial charge is 0.481 e. The molecule has 0 bridgehead atoms. The Morgan fingerprint density at radius 3 is 1.71 bits per heavy atom. The van der Waals surface area contributed by atoms with Crippen molar-refractivity contribution in [2.75, 3.05) is 0 Å². The van der Waals surface area contributed by atoms with Gasteiger partial charge in [-0.05, 0) is 25.7 Å². The highest BCUT2D eigenvalue weighted by molar-refractivity contribution is 5.68. The molecule has 1 fully saturated rings. The zero-order valence-corrected chi connectivity index (χ0v) is 10.9. The second-order valence-electron chi connectivity index (χ2n) is 5.14. The summed E-state index contributed by atoms with van der Waals surface area (Å²) in [5, 5.41) is 8.71. The fourth-order valence-corrected chi connectivity index (χ4v) is 2.50. The number of aliphatic carboxylic acids is 1. The Bertz CT molecular complexity index is 229. The highest BCUT2D eigenvalue weighted by atomic mass is 16.4. The molecule has 1 aliphatic carbocycles. The molecule has 1 rings (SSSR count). The van der Waals surface area contributed by atoms with Crippen LogP contribution in [0.5, 0.6) is 0 Å². The molecule has 0 radical (unpaired) electrons. The molecule has 0 unspecified atom stereocenters. The Labute approximate surface area is 105 Å². The van der Waals surface area contributed by atoms with Gasteiger partial charge in [0.2, 0.25) is 0 Å². The van der Waals surface area contributed by atoms with E-state index in [1.807, 2.05) is 6.08 Å². The molecule has 0 spiro atoms. The lowest BCUT2D eigenvalue weighted by Gasteiger charge is -2.10. The second kappa shape index (κ2) is 9.26. The minimum atomic E-state index is -0.705. The number of rotatable bonds is 2. The van der Waals surface area contributed by atoms with E-state index < -0.39 is 5.97 Å². The van der Waals surface area contributed by atoms with Gasteiger partial charge in [0.25, 0.3) is 0 Å². The average Bonchev–Trinajstić information content (AvgIpc) is 2.28. The van der Waals surface area contributed by atoms with Crippen molar-refractivity contribution in [3.05, 3.63) is 11.6 Å². The van der Waals surface area contributed by atoms with Crippen molar-refractivity contribution in [1.82, 2.24) is 0 Å². The van der Waals surface area contributed by atoms with Crippen LogP contribution in [-0.4, -0.2) is 11.1 Å². The van der Waals surface area contributed by atoms with Gasteiger partial charge >= 0.3 is 5.97 Å². The van der Waals surface area contributed by atoms with E-state index in [1.54, 1.807) is 0 Å². The van der Waals surface area contributed by atoms with E-state index in [9.17, 15) is 4.79 Å². The van der Waals surface area contributed by atoms with Crippen LogP contribution in [0.25, 0.3) is 0 Å². The van der Waals surface area contributed by atoms with Crippen molar-refractivity contribution in [1.29, 1.82) is 0 Å². The van der Waals surface area contributed by atoms with Crippen molar-refractivity contribution in [3.8, 4) is 0 Å². The van der Waals surface area contributed by atoms with Gasteiger partial charge in [-0.25, -0.2) is 0 Å². The highest BCUT2D eigenvalue weighted by Crippen LogP contribution is 2.20. The maximum Gasteiger partial charge on any atom is 0.307 e. The number of carboxylic acids is 1.